The van der Waals surface area contributed by atoms with Gasteiger partial charge in [-0.2, -0.15) is 0 Å². The predicted molar refractivity (Wildman–Crippen MR) is 274 cm³/mol. The Balaban J connectivity index is 1.11. The second-order valence-corrected chi connectivity index (χ2v) is 24.0. The molecule has 8 rings (SSSR count). The summed E-state index contributed by atoms with van der Waals surface area (Å²) >= 11 is 0. The Labute approximate surface area is 406 Å². The first-order valence-corrected chi connectivity index (χ1v) is 26.8. The molecule has 0 aromatic heterocycles. The SMILES string of the molecule is CCCCC[C@@H]1Cc2cc(OCc3ccccc3)c(C(=O)OCc3ccccc3)c(OCc3ccccc3)c2C(CC2OC[C@@H](CCO[Si](c3ccccc3)(c3ccccc3)C(C)(C)C)[C@@H]2C)O1. The Morgan fingerprint density at radius 1 is 0.691 bits per heavy atom. The number of ether oxygens (including phenoxy) is 5. The van der Waals surface area contributed by atoms with Gasteiger partial charge in [0.25, 0.3) is 8.32 Å². The van der Waals surface area contributed by atoms with E-state index in [2.05, 4.69) is 101 Å². The summed E-state index contributed by atoms with van der Waals surface area (Å²) < 4.78 is 41.2. The van der Waals surface area contributed by atoms with Crippen molar-refractivity contribution in [1.29, 1.82) is 0 Å². The summed E-state index contributed by atoms with van der Waals surface area (Å²) in [5.41, 5.74) is 5.13. The van der Waals surface area contributed by atoms with Crippen molar-refractivity contribution in [3.63, 3.8) is 0 Å². The molecule has 7 nitrogen and oxygen atoms in total. The second-order valence-electron chi connectivity index (χ2n) is 19.7. The lowest BCUT2D eigenvalue weighted by Crippen LogP contribution is -2.66. The zero-order valence-electron chi connectivity index (χ0n) is 40.7. The fourth-order valence-corrected chi connectivity index (χ4v) is 14.9. The summed E-state index contributed by atoms with van der Waals surface area (Å²) in [5, 5.41) is 2.47. The van der Waals surface area contributed by atoms with Crippen LogP contribution in [0, 0.1) is 11.8 Å². The lowest BCUT2D eigenvalue weighted by atomic mass is 9.83. The van der Waals surface area contributed by atoms with Crippen LogP contribution in [0.1, 0.15) is 117 Å². The number of hydrogen-bond donors (Lipinski definition) is 0. The molecule has 1 fully saturated rings. The minimum absolute atomic E-state index is 0.00811. The highest BCUT2D eigenvalue weighted by Gasteiger charge is 2.50. The molecule has 0 aliphatic carbocycles. The van der Waals surface area contributed by atoms with E-state index in [1.54, 1.807) is 0 Å². The van der Waals surface area contributed by atoms with Crippen LogP contribution in [0.3, 0.4) is 0 Å². The Hall–Kier alpha value is -5.51. The number of benzene rings is 6. The molecule has 0 radical (unpaired) electrons. The maximum Gasteiger partial charge on any atom is 0.346 e. The highest BCUT2D eigenvalue weighted by atomic mass is 28.4. The third-order valence-corrected chi connectivity index (χ3v) is 19.1. The number of unbranched alkanes of at least 4 members (excludes halogenated alkanes) is 2. The molecule has 6 aromatic carbocycles. The highest BCUT2D eigenvalue weighted by Crippen LogP contribution is 2.48. The summed E-state index contributed by atoms with van der Waals surface area (Å²) in [5.74, 6) is 0.951. The van der Waals surface area contributed by atoms with Crippen molar-refractivity contribution in [2.24, 2.45) is 11.8 Å². The van der Waals surface area contributed by atoms with Crippen LogP contribution in [0.2, 0.25) is 5.04 Å². The van der Waals surface area contributed by atoms with Crippen LogP contribution < -0.4 is 19.8 Å². The molecule has 0 amide bonds. The summed E-state index contributed by atoms with van der Waals surface area (Å²) in [6.45, 7) is 13.5. The number of esters is 1. The van der Waals surface area contributed by atoms with Gasteiger partial charge < -0.3 is 28.1 Å². The molecule has 68 heavy (non-hydrogen) atoms. The van der Waals surface area contributed by atoms with Gasteiger partial charge in [0.1, 0.15) is 36.9 Å². The van der Waals surface area contributed by atoms with E-state index in [0.717, 1.165) is 59.9 Å². The fourth-order valence-electron chi connectivity index (χ4n) is 10.3. The molecule has 2 heterocycles. The zero-order chi connectivity index (χ0) is 47.4. The summed E-state index contributed by atoms with van der Waals surface area (Å²) in [7, 11) is -2.69. The van der Waals surface area contributed by atoms with E-state index in [-0.39, 0.29) is 54.7 Å². The van der Waals surface area contributed by atoms with Crippen LogP contribution in [-0.2, 0) is 44.9 Å². The van der Waals surface area contributed by atoms with Crippen LogP contribution in [-0.4, -0.2) is 39.7 Å². The lowest BCUT2D eigenvalue weighted by molar-refractivity contribution is -0.0609. The molecule has 5 atom stereocenters. The fraction of sp³-hybridized carbons (Fsp3) is 0.383. The predicted octanol–water partition coefficient (Wildman–Crippen LogP) is 12.8. The van der Waals surface area contributed by atoms with Crippen molar-refractivity contribution in [1.82, 2.24) is 0 Å². The van der Waals surface area contributed by atoms with Gasteiger partial charge in [0, 0.05) is 18.6 Å². The van der Waals surface area contributed by atoms with Gasteiger partial charge >= 0.3 is 5.97 Å². The van der Waals surface area contributed by atoms with Gasteiger partial charge in [0.15, 0.2) is 0 Å². The topological polar surface area (TPSA) is 72.5 Å². The number of carbonyl (C=O) groups is 1. The average Bonchev–Trinajstić information content (AvgIpc) is 3.71. The summed E-state index contributed by atoms with van der Waals surface area (Å²) in [6.07, 6.45) is 5.99. The normalized spacial score (nSPS) is 19.3. The standard InChI is InChI=1S/C60H70O7Si/c1-6-7-13-30-50-37-49-38-54(62-40-45-24-14-8-15-25-45)57(59(61)65-42-47-28-18-10-19-29-47)58(64-41-46-26-16-9-17-27-46)56(49)55(67-50)39-53-44(2)48(43-63-53)35-36-66-68(60(3,4)5,51-31-20-11-21-32-51)52-33-22-12-23-34-52/h8-12,14-29,31-34,38,44,48,50,53,55H,6-7,13,30,35-37,39-43H2,1-5H3/t44-,48+,50+,53?,55?/m0/s1. The van der Waals surface area contributed by atoms with Crippen molar-refractivity contribution in [2.75, 3.05) is 13.2 Å². The van der Waals surface area contributed by atoms with Gasteiger partial charge in [-0.1, -0.05) is 206 Å². The van der Waals surface area contributed by atoms with Crippen molar-refractivity contribution in [3.8, 4) is 11.5 Å². The first-order chi connectivity index (χ1) is 33.1. The largest absolute Gasteiger partial charge is 0.488 e. The molecule has 6 aromatic rings. The molecule has 356 valence electrons. The van der Waals surface area contributed by atoms with Crippen LogP contribution >= 0.6 is 0 Å². The molecule has 2 unspecified atom stereocenters. The van der Waals surface area contributed by atoms with Gasteiger partial charge in [-0.15, -0.1) is 0 Å². The number of carbonyl (C=O) groups excluding carboxylic acids is 1. The minimum Gasteiger partial charge on any atom is -0.488 e. The van der Waals surface area contributed by atoms with Gasteiger partial charge in [-0.05, 0) is 74.8 Å². The third-order valence-electron chi connectivity index (χ3n) is 14.0. The maximum absolute atomic E-state index is 14.7. The van der Waals surface area contributed by atoms with E-state index in [4.69, 9.17) is 28.1 Å². The van der Waals surface area contributed by atoms with Gasteiger partial charge in [0.05, 0.1) is 24.9 Å². The lowest BCUT2D eigenvalue weighted by Gasteiger charge is -2.43. The van der Waals surface area contributed by atoms with E-state index >= 15 is 0 Å². The van der Waals surface area contributed by atoms with Gasteiger partial charge in [-0.25, -0.2) is 4.79 Å². The molecule has 0 saturated carbocycles. The van der Waals surface area contributed by atoms with Crippen molar-refractivity contribution in [3.05, 3.63) is 191 Å². The quantitative estimate of drug-likeness (QED) is 0.0404. The first-order valence-electron chi connectivity index (χ1n) is 24.9. The average molecular weight is 931 g/mol. The molecule has 2 aliphatic rings. The molecular formula is C60H70O7Si. The van der Waals surface area contributed by atoms with E-state index in [1.165, 1.54) is 10.4 Å². The molecule has 0 spiro atoms. The smallest absolute Gasteiger partial charge is 0.346 e. The van der Waals surface area contributed by atoms with E-state index in [1.807, 2.05) is 91.0 Å². The van der Waals surface area contributed by atoms with Crippen molar-refractivity contribution < 1.29 is 32.9 Å². The van der Waals surface area contributed by atoms with Crippen LogP contribution in [0.25, 0.3) is 0 Å². The molecular weight excluding hydrogens is 861 g/mol. The first kappa shape index (κ1) is 48.9. The van der Waals surface area contributed by atoms with E-state index < -0.39 is 14.3 Å². The number of fused-ring (bicyclic) bond motifs is 1. The number of hydrogen-bond acceptors (Lipinski definition) is 7. The Morgan fingerprint density at radius 2 is 1.24 bits per heavy atom. The van der Waals surface area contributed by atoms with Crippen LogP contribution in [0.15, 0.2) is 158 Å². The Kier molecular flexibility index (Phi) is 16.7. The number of rotatable bonds is 21. The Morgan fingerprint density at radius 3 is 1.79 bits per heavy atom. The summed E-state index contributed by atoms with van der Waals surface area (Å²) in [6, 6.07) is 53.7. The third kappa shape index (κ3) is 11.7. The second kappa shape index (κ2) is 23.2. The van der Waals surface area contributed by atoms with Gasteiger partial charge in [0.2, 0.25) is 0 Å². The monoisotopic (exact) mass is 930 g/mol. The molecule has 0 N–H and O–H groups in total. The Bertz CT molecular complexity index is 2440. The van der Waals surface area contributed by atoms with Crippen molar-refractivity contribution >= 4 is 24.7 Å². The molecule has 2 aliphatic heterocycles. The molecule has 1 saturated heterocycles. The van der Waals surface area contributed by atoms with Crippen LogP contribution in [0.5, 0.6) is 11.5 Å². The van der Waals surface area contributed by atoms with Crippen molar-refractivity contribution in [2.45, 2.75) is 123 Å². The molecule has 8 heteroatoms. The van der Waals surface area contributed by atoms with E-state index in [0.29, 0.717) is 43.5 Å². The maximum atomic E-state index is 14.7. The highest BCUT2D eigenvalue weighted by molar-refractivity contribution is 6.99. The zero-order valence-corrected chi connectivity index (χ0v) is 41.7. The summed E-state index contributed by atoms with van der Waals surface area (Å²) in [4.78, 5) is 14.7. The molecule has 0 bridgehead atoms. The minimum atomic E-state index is -2.69. The van der Waals surface area contributed by atoms with Crippen LogP contribution in [0.4, 0.5) is 0 Å². The van der Waals surface area contributed by atoms with Gasteiger partial charge in [-0.3, -0.25) is 0 Å². The van der Waals surface area contributed by atoms with E-state index in [9.17, 15) is 4.79 Å².